The second-order valence-corrected chi connectivity index (χ2v) is 17.4. The molecule has 0 bridgehead atoms. The zero-order chi connectivity index (χ0) is 39.5. The minimum atomic E-state index is -0.0141. The van der Waals surface area contributed by atoms with Crippen molar-refractivity contribution in [3.63, 3.8) is 0 Å². The van der Waals surface area contributed by atoms with Gasteiger partial charge in [0.15, 0.2) is 0 Å². The molecule has 2 heterocycles. The van der Waals surface area contributed by atoms with E-state index in [1.807, 2.05) is 11.3 Å². The van der Waals surface area contributed by atoms with Crippen molar-refractivity contribution in [3.05, 3.63) is 223 Å². The number of benzene rings is 8. The summed E-state index contributed by atoms with van der Waals surface area (Å²) in [4.78, 5) is 2.33. The number of thiophene rings is 1. The maximum Gasteiger partial charge on any atom is 0.103 e. The number of nitrogens with one attached hydrogen (secondary N) is 2. The molecule has 0 radical (unpaired) electrons. The third-order valence-electron chi connectivity index (χ3n) is 12.4. The summed E-state index contributed by atoms with van der Waals surface area (Å²) in [7, 11) is 0. The fourth-order valence-electron chi connectivity index (χ4n) is 9.25. The van der Waals surface area contributed by atoms with E-state index in [0.29, 0.717) is 0 Å². The van der Waals surface area contributed by atoms with Crippen LogP contribution in [0.4, 0.5) is 17.1 Å². The van der Waals surface area contributed by atoms with Crippen LogP contribution in [-0.2, 0) is 5.41 Å². The van der Waals surface area contributed by atoms with Crippen molar-refractivity contribution in [2.24, 2.45) is 0 Å². The van der Waals surface area contributed by atoms with Crippen LogP contribution in [0.3, 0.4) is 0 Å². The minimum absolute atomic E-state index is 0.0140. The maximum atomic E-state index is 3.75. The van der Waals surface area contributed by atoms with Crippen LogP contribution >= 0.6 is 11.3 Å². The zero-order valence-electron chi connectivity index (χ0n) is 33.1. The molecule has 4 heteroatoms. The summed E-state index contributed by atoms with van der Waals surface area (Å²) in [5.74, 6) is 0. The van der Waals surface area contributed by atoms with Gasteiger partial charge in [-0.25, -0.2) is 0 Å². The Hall–Kier alpha value is -6.72. The molecule has 2 atom stereocenters. The Labute approximate surface area is 349 Å². The van der Waals surface area contributed by atoms with Gasteiger partial charge in [0, 0.05) is 42.6 Å². The molecule has 0 spiro atoms. The number of anilines is 3. The van der Waals surface area contributed by atoms with Crippen molar-refractivity contribution < 1.29 is 0 Å². The van der Waals surface area contributed by atoms with Gasteiger partial charge in [-0.05, 0) is 123 Å². The highest BCUT2D eigenvalue weighted by Crippen LogP contribution is 2.50. The Morgan fingerprint density at radius 1 is 0.475 bits per heavy atom. The highest BCUT2D eigenvalue weighted by Gasteiger charge is 2.35. The summed E-state index contributed by atoms with van der Waals surface area (Å²) in [6.07, 6.45) is 4.25. The van der Waals surface area contributed by atoms with Crippen LogP contribution in [0.5, 0.6) is 0 Å². The minimum Gasteiger partial charge on any atom is -0.372 e. The average Bonchev–Trinajstić information content (AvgIpc) is 3.78. The highest BCUT2D eigenvalue weighted by atomic mass is 32.1. The van der Waals surface area contributed by atoms with E-state index in [9.17, 15) is 0 Å². The number of hydrogen-bond donors (Lipinski definition) is 2. The molecule has 9 aromatic rings. The molecule has 8 aromatic carbocycles. The van der Waals surface area contributed by atoms with Gasteiger partial charge in [0.05, 0.1) is 6.04 Å². The third kappa shape index (κ3) is 6.24. The topological polar surface area (TPSA) is 27.3 Å². The van der Waals surface area contributed by atoms with E-state index in [0.717, 1.165) is 17.1 Å². The normalized spacial score (nSPS) is 16.4. The number of fused-ring (bicyclic) bond motifs is 6. The van der Waals surface area contributed by atoms with E-state index in [2.05, 4.69) is 230 Å². The lowest BCUT2D eigenvalue weighted by Crippen LogP contribution is -2.37. The van der Waals surface area contributed by atoms with Gasteiger partial charge in [-0.3, -0.25) is 5.32 Å². The molecular weight excluding hydrogens is 735 g/mol. The Morgan fingerprint density at radius 3 is 1.73 bits per heavy atom. The summed E-state index contributed by atoms with van der Waals surface area (Å²) in [5.41, 5.74) is 16.3. The lowest BCUT2D eigenvalue weighted by atomic mass is 9.81. The van der Waals surface area contributed by atoms with Gasteiger partial charge in [-0.2, -0.15) is 0 Å². The van der Waals surface area contributed by atoms with Crippen molar-refractivity contribution in [1.82, 2.24) is 10.6 Å². The average molecular weight is 778 g/mol. The van der Waals surface area contributed by atoms with Gasteiger partial charge in [-0.1, -0.05) is 147 Å². The van der Waals surface area contributed by atoms with Gasteiger partial charge in [-0.15, -0.1) is 11.3 Å². The number of para-hydroxylation sites is 1. The molecule has 1 aliphatic carbocycles. The predicted molar refractivity (Wildman–Crippen MR) is 250 cm³/mol. The van der Waals surface area contributed by atoms with Crippen LogP contribution in [0.25, 0.3) is 53.6 Å². The van der Waals surface area contributed by atoms with Gasteiger partial charge in [0.1, 0.15) is 6.17 Å². The van der Waals surface area contributed by atoms with Crippen LogP contribution in [0.1, 0.15) is 48.3 Å². The monoisotopic (exact) mass is 777 g/mol. The SMILES string of the molecule is CC1(C)c2ccccc2-c2ccc(-c3ccc4c(c3)sc3cc(-c5ccc(N(c6ccccc6)c6ccc(C7NC=CC(c8ccccc8)N7)cc6)cc5)ccc34)cc21. The largest absolute Gasteiger partial charge is 0.372 e. The molecule has 2 N–H and O–H groups in total. The Balaban J connectivity index is 0.865. The highest BCUT2D eigenvalue weighted by molar-refractivity contribution is 7.25. The van der Waals surface area contributed by atoms with Crippen molar-refractivity contribution in [2.45, 2.75) is 31.5 Å². The van der Waals surface area contributed by atoms with Gasteiger partial charge >= 0.3 is 0 Å². The lowest BCUT2D eigenvalue weighted by molar-refractivity contribution is 0.433. The predicted octanol–water partition coefficient (Wildman–Crippen LogP) is 14.6. The van der Waals surface area contributed by atoms with Crippen LogP contribution in [0.2, 0.25) is 0 Å². The Bertz CT molecular complexity index is 3020. The lowest BCUT2D eigenvalue weighted by Gasteiger charge is -2.30. The molecule has 0 saturated carbocycles. The van der Waals surface area contributed by atoms with E-state index in [1.54, 1.807) is 0 Å². The number of hydrogen-bond acceptors (Lipinski definition) is 4. The van der Waals surface area contributed by atoms with E-state index in [4.69, 9.17) is 0 Å². The molecule has 2 aliphatic rings. The molecule has 284 valence electrons. The van der Waals surface area contributed by atoms with Crippen molar-refractivity contribution in [2.75, 3.05) is 4.90 Å². The molecule has 11 rings (SSSR count). The van der Waals surface area contributed by atoms with Crippen LogP contribution in [0.15, 0.2) is 200 Å². The van der Waals surface area contributed by atoms with E-state index in [1.165, 1.54) is 75.8 Å². The molecule has 0 amide bonds. The first-order chi connectivity index (χ1) is 29.0. The maximum absolute atomic E-state index is 3.75. The van der Waals surface area contributed by atoms with Crippen molar-refractivity contribution in [3.8, 4) is 33.4 Å². The third-order valence-corrected chi connectivity index (χ3v) is 13.5. The van der Waals surface area contributed by atoms with E-state index < -0.39 is 0 Å². The van der Waals surface area contributed by atoms with Crippen LogP contribution < -0.4 is 15.5 Å². The molecule has 0 fully saturated rings. The first-order valence-corrected chi connectivity index (χ1v) is 21.3. The molecular formula is C55H43N3S. The van der Waals surface area contributed by atoms with Crippen LogP contribution in [-0.4, -0.2) is 0 Å². The first-order valence-electron chi connectivity index (χ1n) is 20.5. The second kappa shape index (κ2) is 14.3. The zero-order valence-corrected chi connectivity index (χ0v) is 33.9. The smallest absolute Gasteiger partial charge is 0.103 e. The summed E-state index contributed by atoms with van der Waals surface area (Å²) in [5, 5.41) is 9.88. The van der Waals surface area contributed by atoms with E-state index >= 15 is 0 Å². The summed E-state index contributed by atoms with van der Waals surface area (Å²) < 4.78 is 2.63. The molecule has 1 aliphatic heterocycles. The standard InChI is InChI=1S/C55H43N3S/c1-55(2)49-16-10-9-15-45(49)46-28-21-39(33-50(46)55)41-23-30-48-47-29-22-40(34-52(47)59-53(48)35-41)36-17-24-43(25-18-36)58(42-13-7-4-8-14-42)44-26-19-38(20-27-44)54-56-32-31-51(57-54)37-11-5-3-6-12-37/h3-35,51,54,56-57H,1-2H3. The second-order valence-electron chi connectivity index (χ2n) is 16.3. The fraction of sp³-hybridized carbons (Fsp3) is 0.0909. The van der Waals surface area contributed by atoms with Crippen LogP contribution in [0, 0.1) is 0 Å². The molecule has 0 saturated heterocycles. The Morgan fingerprint density at radius 2 is 1.02 bits per heavy atom. The van der Waals surface area contributed by atoms with E-state index in [-0.39, 0.29) is 17.6 Å². The Kier molecular flexibility index (Phi) is 8.58. The van der Waals surface area contributed by atoms with Crippen molar-refractivity contribution in [1.29, 1.82) is 0 Å². The van der Waals surface area contributed by atoms with Gasteiger partial charge < -0.3 is 10.2 Å². The number of nitrogens with zero attached hydrogens (tertiary/aromatic N) is 1. The quantitative estimate of drug-likeness (QED) is 0.169. The number of rotatable bonds is 7. The molecule has 2 unspecified atom stereocenters. The summed E-state index contributed by atoms with van der Waals surface area (Å²) >= 11 is 1.89. The molecule has 1 aromatic heterocycles. The first kappa shape index (κ1) is 35.4. The van der Waals surface area contributed by atoms with Gasteiger partial charge in [0.2, 0.25) is 0 Å². The van der Waals surface area contributed by atoms with Crippen molar-refractivity contribution >= 4 is 48.6 Å². The molecule has 3 nitrogen and oxygen atoms in total. The van der Waals surface area contributed by atoms with Gasteiger partial charge in [0.25, 0.3) is 0 Å². The summed E-state index contributed by atoms with van der Waals surface area (Å²) in [6, 6.07) is 69.1. The fourth-order valence-corrected chi connectivity index (χ4v) is 10.4. The molecule has 59 heavy (non-hydrogen) atoms. The summed E-state index contributed by atoms with van der Waals surface area (Å²) in [6.45, 7) is 4.71.